The van der Waals surface area contributed by atoms with Gasteiger partial charge in [0.1, 0.15) is 17.6 Å². The van der Waals surface area contributed by atoms with Gasteiger partial charge in [-0.25, -0.2) is 8.78 Å². The van der Waals surface area contributed by atoms with Crippen molar-refractivity contribution in [2.45, 2.75) is 31.5 Å². The lowest BCUT2D eigenvalue weighted by atomic mass is 9.96. The fourth-order valence-electron chi connectivity index (χ4n) is 3.12. The van der Waals surface area contributed by atoms with E-state index in [0.29, 0.717) is 12.0 Å². The largest absolute Gasteiger partial charge is 0.368 e. The molecule has 0 saturated carbocycles. The normalized spacial score (nSPS) is 23.7. The van der Waals surface area contributed by atoms with E-state index >= 15 is 0 Å². The van der Waals surface area contributed by atoms with Crippen LogP contribution in [0.4, 0.5) is 8.78 Å². The Bertz CT molecular complexity index is 690. The zero-order valence-corrected chi connectivity index (χ0v) is 10.6. The summed E-state index contributed by atoms with van der Waals surface area (Å²) in [6, 6.07) is 2.61. The quantitative estimate of drug-likeness (QED) is 0.801. The van der Waals surface area contributed by atoms with E-state index in [4.69, 9.17) is 4.74 Å². The maximum Gasteiger partial charge on any atom is 0.152 e. The minimum absolute atomic E-state index is 0.00668. The minimum Gasteiger partial charge on any atom is -0.368 e. The number of fused-ring (bicyclic) bond motifs is 4. The number of halogens is 2. The molecule has 0 aliphatic carbocycles. The van der Waals surface area contributed by atoms with Gasteiger partial charge in [-0.15, -0.1) is 0 Å². The van der Waals surface area contributed by atoms with Crippen molar-refractivity contribution in [1.82, 2.24) is 9.97 Å². The molecule has 102 valence electrons. The van der Waals surface area contributed by atoms with Crippen LogP contribution in [0.1, 0.15) is 30.2 Å². The predicted molar refractivity (Wildman–Crippen MR) is 67.9 cm³/mol. The number of nitrogens with zero attached hydrogens (tertiary/aromatic N) is 2. The Morgan fingerprint density at radius 1 is 1.20 bits per heavy atom. The molecule has 1 saturated heterocycles. The van der Waals surface area contributed by atoms with E-state index in [-0.39, 0.29) is 17.9 Å². The number of rotatable bonds is 1. The van der Waals surface area contributed by atoms with E-state index in [1.807, 2.05) is 0 Å². The van der Waals surface area contributed by atoms with E-state index in [1.165, 1.54) is 0 Å². The van der Waals surface area contributed by atoms with E-state index in [9.17, 15) is 8.78 Å². The maximum absolute atomic E-state index is 14.0. The van der Waals surface area contributed by atoms with Gasteiger partial charge in [0.05, 0.1) is 18.0 Å². The van der Waals surface area contributed by atoms with E-state index < -0.39 is 11.6 Å². The zero-order valence-electron chi connectivity index (χ0n) is 10.6. The van der Waals surface area contributed by atoms with Crippen molar-refractivity contribution in [2.75, 3.05) is 0 Å². The summed E-state index contributed by atoms with van der Waals surface area (Å²) in [5, 5.41) is 0. The molecule has 5 heteroatoms. The van der Waals surface area contributed by atoms with Gasteiger partial charge < -0.3 is 4.74 Å². The van der Waals surface area contributed by atoms with Gasteiger partial charge in [-0.2, -0.15) is 0 Å². The molecule has 3 nitrogen and oxygen atoms in total. The average molecular weight is 274 g/mol. The van der Waals surface area contributed by atoms with Gasteiger partial charge in [0, 0.05) is 24.2 Å². The van der Waals surface area contributed by atoms with Crippen molar-refractivity contribution in [3.05, 3.63) is 47.4 Å². The van der Waals surface area contributed by atoms with Crippen LogP contribution in [0.5, 0.6) is 0 Å². The molecular weight excluding hydrogens is 262 g/mol. The Morgan fingerprint density at radius 3 is 2.95 bits per heavy atom. The van der Waals surface area contributed by atoms with E-state index in [1.54, 1.807) is 12.3 Å². The first kappa shape index (κ1) is 11.9. The Hall–Kier alpha value is -1.88. The van der Waals surface area contributed by atoms with Gasteiger partial charge >= 0.3 is 0 Å². The molecule has 2 aliphatic rings. The summed E-state index contributed by atoms with van der Waals surface area (Å²) in [7, 11) is 0. The highest BCUT2D eigenvalue weighted by molar-refractivity contribution is 5.65. The van der Waals surface area contributed by atoms with E-state index in [0.717, 1.165) is 36.4 Å². The highest BCUT2D eigenvalue weighted by Crippen LogP contribution is 2.42. The van der Waals surface area contributed by atoms with Gasteiger partial charge in [0.25, 0.3) is 0 Å². The third-order valence-electron chi connectivity index (χ3n) is 4.00. The fraction of sp³-hybridized carbons (Fsp3) is 0.333. The van der Waals surface area contributed by atoms with Gasteiger partial charge in [-0.1, -0.05) is 0 Å². The SMILES string of the molecule is Fc1cnc(-c2ccnc3c2CC2CCC3O2)c(F)c1. The molecule has 4 heterocycles. The molecule has 0 spiro atoms. The zero-order chi connectivity index (χ0) is 13.7. The molecule has 2 aromatic heterocycles. The molecule has 2 aliphatic heterocycles. The smallest absolute Gasteiger partial charge is 0.152 e. The summed E-state index contributed by atoms with van der Waals surface area (Å²) in [6.45, 7) is 0. The lowest BCUT2D eigenvalue weighted by molar-refractivity contribution is 0.0296. The van der Waals surface area contributed by atoms with Crippen LogP contribution in [0, 0.1) is 11.6 Å². The fourth-order valence-corrected chi connectivity index (χ4v) is 3.12. The van der Waals surface area contributed by atoms with Crippen LogP contribution in [0.15, 0.2) is 24.5 Å². The lowest BCUT2D eigenvalue weighted by Crippen LogP contribution is -2.20. The summed E-state index contributed by atoms with van der Waals surface area (Å²) >= 11 is 0. The monoisotopic (exact) mass is 274 g/mol. The summed E-state index contributed by atoms with van der Waals surface area (Å²) < 4.78 is 32.8. The molecule has 0 radical (unpaired) electrons. The molecular formula is C15H12F2N2O. The summed E-state index contributed by atoms with van der Waals surface area (Å²) in [5.74, 6) is -1.31. The first-order chi connectivity index (χ1) is 9.72. The van der Waals surface area contributed by atoms with Crippen molar-refractivity contribution < 1.29 is 13.5 Å². The molecule has 1 fully saturated rings. The number of ether oxygens (including phenoxy) is 1. The third-order valence-corrected chi connectivity index (χ3v) is 4.00. The van der Waals surface area contributed by atoms with Crippen LogP contribution in [0.2, 0.25) is 0 Å². The highest BCUT2D eigenvalue weighted by atomic mass is 19.1. The number of hydrogen-bond acceptors (Lipinski definition) is 3. The number of aromatic nitrogens is 2. The minimum atomic E-state index is -0.669. The molecule has 2 atom stereocenters. The Morgan fingerprint density at radius 2 is 2.10 bits per heavy atom. The summed E-state index contributed by atoms with van der Waals surface area (Å²) in [5.41, 5.74) is 2.75. The summed E-state index contributed by atoms with van der Waals surface area (Å²) in [4.78, 5) is 8.29. The van der Waals surface area contributed by atoms with E-state index in [2.05, 4.69) is 9.97 Å². The van der Waals surface area contributed by atoms with Crippen LogP contribution < -0.4 is 0 Å². The molecule has 2 bridgehead atoms. The van der Waals surface area contributed by atoms with Crippen molar-refractivity contribution in [3.8, 4) is 11.3 Å². The number of pyridine rings is 2. The highest BCUT2D eigenvalue weighted by Gasteiger charge is 2.36. The second-order valence-corrected chi connectivity index (χ2v) is 5.23. The van der Waals surface area contributed by atoms with Crippen LogP contribution in [0.3, 0.4) is 0 Å². The maximum atomic E-state index is 14.0. The third kappa shape index (κ3) is 1.73. The summed E-state index contributed by atoms with van der Waals surface area (Å²) in [6.07, 6.45) is 5.53. The van der Waals surface area contributed by atoms with Crippen molar-refractivity contribution in [3.63, 3.8) is 0 Å². The average Bonchev–Trinajstić information content (AvgIpc) is 2.82. The Labute approximate surface area is 114 Å². The van der Waals surface area contributed by atoms with Gasteiger partial charge in [0.2, 0.25) is 0 Å². The first-order valence-electron chi connectivity index (χ1n) is 6.67. The predicted octanol–water partition coefficient (Wildman–Crippen LogP) is 3.20. The molecule has 0 amide bonds. The van der Waals surface area contributed by atoms with Crippen LogP contribution in [-0.2, 0) is 11.2 Å². The molecule has 2 unspecified atom stereocenters. The van der Waals surface area contributed by atoms with Crippen molar-refractivity contribution in [1.29, 1.82) is 0 Å². The molecule has 2 aromatic rings. The van der Waals surface area contributed by atoms with Crippen molar-refractivity contribution in [2.24, 2.45) is 0 Å². The lowest BCUT2D eigenvalue weighted by Gasteiger charge is -2.24. The first-order valence-corrected chi connectivity index (χ1v) is 6.67. The van der Waals surface area contributed by atoms with Crippen LogP contribution in [0.25, 0.3) is 11.3 Å². The van der Waals surface area contributed by atoms with Gasteiger partial charge in [-0.3, -0.25) is 9.97 Å². The van der Waals surface area contributed by atoms with Crippen LogP contribution in [-0.4, -0.2) is 16.1 Å². The standard InChI is InChI=1S/C15H12F2N2O/c16-8-5-12(17)14(19-7-8)10-3-4-18-15-11(10)6-9-1-2-13(15)20-9/h3-5,7,9,13H,1-2,6H2. The van der Waals surface area contributed by atoms with Crippen molar-refractivity contribution >= 4 is 0 Å². The van der Waals surface area contributed by atoms with Gasteiger partial charge in [-0.05, 0) is 24.5 Å². The Kier molecular flexibility index (Phi) is 2.57. The molecule has 20 heavy (non-hydrogen) atoms. The van der Waals surface area contributed by atoms with Crippen LogP contribution >= 0.6 is 0 Å². The number of hydrogen-bond donors (Lipinski definition) is 0. The molecule has 0 N–H and O–H groups in total. The van der Waals surface area contributed by atoms with Gasteiger partial charge in [0.15, 0.2) is 5.82 Å². The Balaban J connectivity index is 1.89. The topological polar surface area (TPSA) is 35.0 Å². The second kappa shape index (κ2) is 4.31. The molecule has 0 aromatic carbocycles. The molecule has 4 rings (SSSR count). The second-order valence-electron chi connectivity index (χ2n) is 5.23.